The van der Waals surface area contributed by atoms with Crippen LogP contribution in [0.2, 0.25) is 4.34 Å². The van der Waals surface area contributed by atoms with E-state index in [0.29, 0.717) is 0 Å². The summed E-state index contributed by atoms with van der Waals surface area (Å²) >= 11 is 7.36. The average molecular weight is 228 g/mol. The molecule has 0 fully saturated rings. The summed E-state index contributed by atoms with van der Waals surface area (Å²) < 4.78 is 0.775. The van der Waals surface area contributed by atoms with Crippen LogP contribution in [0.25, 0.3) is 10.6 Å². The maximum atomic E-state index is 5.84. The monoisotopic (exact) mass is 227 g/mol. The molecule has 0 aliphatic carbocycles. The molecule has 0 aliphatic heterocycles. The number of hydrogen-bond donors (Lipinski definition) is 2. The Hall–Kier alpha value is -0.840. The van der Waals surface area contributed by atoms with E-state index in [9.17, 15) is 0 Å². The summed E-state index contributed by atoms with van der Waals surface area (Å²) in [6.07, 6.45) is 1.78. The number of nitrogens with one attached hydrogen (secondary N) is 1. The average Bonchev–Trinajstić information content (AvgIpc) is 2.70. The molecule has 5 heteroatoms. The molecule has 0 spiro atoms. The molecule has 1 atom stereocenters. The second-order valence-electron chi connectivity index (χ2n) is 3.07. The number of nitrogens with zero attached hydrogens (tertiary/aromatic N) is 1. The number of halogens is 1. The van der Waals surface area contributed by atoms with E-state index >= 15 is 0 Å². The van der Waals surface area contributed by atoms with Gasteiger partial charge >= 0.3 is 0 Å². The van der Waals surface area contributed by atoms with Gasteiger partial charge in [-0.2, -0.15) is 0 Å². The molecule has 0 saturated carbocycles. The largest absolute Gasteiger partial charge is 0.340 e. The van der Waals surface area contributed by atoms with Crippen LogP contribution in [0.15, 0.2) is 18.3 Å². The summed E-state index contributed by atoms with van der Waals surface area (Å²) in [5.74, 6) is 0.796. The molecular formula is C9H10ClN3S. The van der Waals surface area contributed by atoms with Crippen LogP contribution in [0.4, 0.5) is 0 Å². The van der Waals surface area contributed by atoms with E-state index in [1.54, 1.807) is 6.20 Å². The number of aromatic nitrogens is 2. The van der Waals surface area contributed by atoms with Gasteiger partial charge in [0.2, 0.25) is 0 Å². The van der Waals surface area contributed by atoms with Gasteiger partial charge < -0.3 is 10.7 Å². The van der Waals surface area contributed by atoms with Crippen molar-refractivity contribution >= 4 is 22.9 Å². The zero-order chi connectivity index (χ0) is 10.1. The first-order valence-corrected chi connectivity index (χ1v) is 5.42. The smallest absolute Gasteiger partial charge is 0.123 e. The number of hydrogen-bond acceptors (Lipinski definition) is 3. The van der Waals surface area contributed by atoms with E-state index in [2.05, 4.69) is 9.97 Å². The molecule has 0 aliphatic rings. The summed E-state index contributed by atoms with van der Waals surface area (Å²) in [7, 11) is 0. The molecule has 2 rings (SSSR count). The lowest BCUT2D eigenvalue weighted by Gasteiger charge is -1.97. The zero-order valence-corrected chi connectivity index (χ0v) is 9.19. The maximum absolute atomic E-state index is 5.84. The van der Waals surface area contributed by atoms with Gasteiger partial charge in [0, 0.05) is 0 Å². The second-order valence-corrected chi connectivity index (χ2v) is 4.79. The molecule has 74 valence electrons. The van der Waals surface area contributed by atoms with Crippen LogP contribution in [-0.2, 0) is 0 Å². The Labute approximate surface area is 90.9 Å². The summed E-state index contributed by atoms with van der Waals surface area (Å²) in [5.41, 5.74) is 6.66. The molecule has 0 aromatic carbocycles. The number of nitrogens with two attached hydrogens (primary N) is 1. The van der Waals surface area contributed by atoms with Gasteiger partial charge in [-0.1, -0.05) is 11.6 Å². The van der Waals surface area contributed by atoms with Gasteiger partial charge in [0.1, 0.15) is 5.82 Å². The minimum absolute atomic E-state index is 0.0702. The third kappa shape index (κ3) is 1.82. The number of aromatic amines is 1. The molecule has 0 bridgehead atoms. The summed E-state index contributed by atoms with van der Waals surface area (Å²) in [6, 6.07) is 3.76. The number of H-pyrrole nitrogens is 1. The highest BCUT2D eigenvalue weighted by molar-refractivity contribution is 7.19. The van der Waals surface area contributed by atoms with Crippen molar-refractivity contribution in [3.05, 3.63) is 28.5 Å². The minimum Gasteiger partial charge on any atom is -0.340 e. The number of imidazole rings is 1. The highest BCUT2D eigenvalue weighted by atomic mass is 35.5. The minimum atomic E-state index is -0.0702. The Balaban J connectivity index is 2.33. The van der Waals surface area contributed by atoms with Crippen molar-refractivity contribution in [3.8, 4) is 10.6 Å². The third-order valence-electron chi connectivity index (χ3n) is 1.87. The fourth-order valence-electron chi connectivity index (χ4n) is 1.15. The van der Waals surface area contributed by atoms with Crippen molar-refractivity contribution in [2.75, 3.05) is 0 Å². The summed E-state index contributed by atoms with van der Waals surface area (Å²) in [5, 5.41) is 0. The lowest BCUT2D eigenvalue weighted by atomic mass is 10.3. The van der Waals surface area contributed by atoms with E-state index in [4.69, 9.17) is 17.3 Å². The number of rotatable bonds is 2. The molecule has 0 saturated heterocycles. The molecule has 3 N–H and O–H groups in total. The Bertz CT molecular complexity index is 433. The van der Waals surface area contributed by atoms with Gasteiger partial charge in [0.15, 0.2) is 0 Å². The predicted octanol–water partition coefficient (Wildman–Crippen LogP) is 2.81. The van der Waals surface area contributed by atoms with Crippen LogP contribution in [0, 0.1) is 0 Å². The van der Waals surface area contributed by atoms with E-state index in [1.165, 1.54) is 11.3 Å². The Morgan fingerprint density at radius 1 is 1.57 bits per heavy atom. The van der Waals surface area contributed by atoms with Gasteiger partial charge in [-0.15, -0.1) is 11.3 Å². The molecule has 14 heavy (non-hydrogen) atoms. The molecule has 2 aromatic rings. The fourth-order valence-corrected chi connectivity index (χ4v) is 2.16. The molecule has 2 heterocycles. The lowest BCUT2D eigenvalue weighted by Crippen LogP contribution is -2.06. The molecule has 3 nitrogen and oxygen atoms in total. The van der Waals surface area contributed by atoms with Gasteiger partial charge in [0.25, 0.3) is 0 Å². The Morgan fingerprint density at radius 2 is 2.36 bits per heavy atom. The van der Waals surface area contributed by atoms with Crippen molar-refractivity contribution < 1.29 is 0 Å². The topological polar surface area (TPSA) is 54.7 Å². The first-order valence-electron chi connectivity index (χ1n) is 4.23. The molecule has 2 aromatic heterocycles. The van der Waals surface area contributed by atoms with E-state index in [1.807, 2.05) is 19.1 Å². The molecule has 0 radical (unpaired) electrons. The van der Waals surface area contributed by atoms with Crippen molar-refractivity contribution in [2.45, 2.75) is 13.0 Å². The third-order valence-corrected chi connectivity index (χ3v) is 3.13. The van der Waals surface area contributed by atoms with Crippen LogP contribution in [0.5, 0.6) is 0 Å². The van der Waals surface area contributed by atoms with Crippen LogP contribution in [0.1, 0.15) is 18.8 Å². The maximum Gasteiger partial charge on any atom is 0.123 e. The standard InChI is InChI=1S/C9H10ClN3S/c1-5(11)9-12-4-6(13-9)7-2-3-8(10)14-7/h2-5H,11H2,1H3,(H,12,13). The first-order chi connectivity index (χ1) is 6.66. The normalized spacial score (nSPS) is 13.1. The summed E-state index contributed by atoms with van der Waals surface area (Å²) in [6.45, 7) is 1.89. The highest BCUT2D eigenvalue weighted by Gasteiger charge is 2.07. The highest BCUT2D eigenvalue weighted by Crippen LogP contribution is 2.29. The lowest BCUT2D eigenvalue weighted by molar-refractivity contribution is 0.756. The zero-order valence-electron chi connectivity index (χ0n) is 7.62. The number of thiophene rings is 1. The Kier molecular flexibility index (Phi) is 2.58. The van der Waals surface area contributed by atoms with Gasteiger partial charge in [0.05, 0.1) is 27.1 Å². The van der Waals surface area contributed by atoms with Gasteiger partial charge in [-0.3, -0.25) is 0 Å². The van der Waals surface area contributed by atoms with Gasteiger partial charge in [-0.25, -0.2) is 4.98 Å². The predicted molar refractivity (Wildman–Crippen MR) is 59.5 cm³/mol. The van der Waals surface area contributed by atoms with Crippen LogP contribution < -0.4 is 5.73 Å². The van der Waals surface area contributed by atoms with Gasteiger partial charge in [-0.05, 0) is 19.1 Å². The Morgan fingerprint density at radius 3 is 2.86 bits per heavy atom. The van der Waals surface area contributed by atoms with Crippen molar-refractivity contribution in [1.82, 2.24) is 9.97 Å². The quantitative estimate of drug-likeness (QED) is 0.829. The van der Waals surface area contributed by atoms with Crippen molar-refractivity contribution in [3.63, 3.8) is 0 Å². The van der Waals surface area contributed by atoms with E-state index < -0.39 is 0 Å². The van der Waals surface area contributed by atoms with Crippen LogP contribution >= 0.6 is 22.9 Å². The summed E-state index contributed by atoms with van der Waals surface area (Å²) in [4.78, 5) is 8.42. The van der Waals surface area contributed by atoms with E-state index in [-0.39, 0.29) is 6.04 Å². The van der Waals surface area contributed by atoms with E-state index in [0.717, 1.165) is 20.7 Å². The van der Waals surface area contributed by atoms with Crippen molar-refractivity contribution in [2.24, 2.45) is 5.73 Å². The van der Waals surface area contributed by atoms with Crippen LogP contribution in [-0.4, -0.2) is 9.97 Å². The van der Waals surface area contributed by atoms with Crippen molar-refractivity contribution in [1.29, 1.82) is 0 Å². The molecule has 0 amide bonds. The second kappa shape index (κ2) is 3.73. The fraction of sp³-hybridized carbons (Fsp3) is 0.222. The first kappa shape index (κ1) is 9.71. The SMILES string of the molecule is CC(N)c1ncc(-c2ccc(Cl)s2)[nH]1. The van der Waals surface area contributed by atoms with Crippen LogP contribution in [0.3, 0.4) is 0 Å². The molecular weight excluding hydrogens is 218 g/mol. The molecule has 1 unspecified atom stereocenters.